The van der Waals surface area contributed by atoms with Crippen LogP contribution >= 0.6 is 0 Å². The smallest absolute Gasteiger partial charge is 0.147 e. The van der Waals surface area contributed by atoms with E-state index in [9.17, 15) is 4.79 Å². The second-order valence-electron chi connectivity index (χ2n) is 6.09. The van der Waals surface area contributed by atoms with E-state index < -0.39 is 0 Å². The molecule has 1 nitrogen and oxygen atoms in total. The van der Waals surface area contributed by atoms with Crippen LogP contribution in [0.15, 0.2) is 60.7 Å². The number of benzene rings is 2. The van der Waals surface area contributed by atoms with E-state index in [1.807, 2.05) is 24.3 Å². The topological polar surface area (TPSA) is 17.1 Å². The fourth-order valence-electron chi connectivity index (χ4n) is 3.59. The maximum Gasteiger partial charge on any atom is 0.147 e. The third-order valence-corrected chi connectivity index (χ3v) is 4.77. The van der Waals surface area contributed by atoms with Crippen molar-refractivity contribution in [1.29, 1.82) is 0 Å². The number of carbonyl (C=O) groups excluding carboxylic acids is 1. The Hall–Kier alpha value is -1.89. The Morgan fingerprint density at radius 1 is 0.810 bits per heavy atom. The summed E-state index contributed by atoms with van der Waals surface area (Å²) in [6.45, 7) is 0. The molecular formula is C20H22O. The molecule has 1 fully saturated rings. The Balaban J connectivity index is 1.90. The zero-order valence-corrected chi connectivity index (χ0v) is 12.4. The van der Waals surface area contributed by atoms with E-state index in [0.717, 1.165) is 31.2 Å². The lowest BCUT2D eigenvalue weighted by Crippen LogP contribution is -2.39. The Kier molecular flexibility index (Phi) is 4.19. The van der Waals surface area contributed by atoms with E-state index in [-0.39, 0.29) is 5.41 Å². The van der Waals surface area contributed by atoms with Crippen molar-refractivity contribution in [3.8, 4) is 0 Å². The third-order valence-electron chi connectivity index (χ3n) is 4.77. The molecule has 0 spiro atoms. The van der Waals surface area contributed by atoms with E-state index in [2.05, 4.69) is 36.4 Å². The molecule has 0 N–H and O–H groups in total. The van der Waals surface area contributed by atoms with Gasteiger partial charge in [0, 0.05) is 6.42 Å². The van der Waals surface area contributed by atoms with Gasteiger partial charge in [0.1, 0.15) is 5.78 Å². The van der Waals surface area contributed by atoms with Crippen molar-refractivity contribution in [3.05, 3.63) is 71.8 Å². The maximum absolute atomic E-state index is 13.1. The predicted molar refractivity (Wildman–Crippen MR) is 86.4 cm³/mol. The van der Waals surface area contributed by atoms with Crippen LogP contribution in [0.3, 0.4) is 0 Å². The van der Waals surface area contributed by atoms with Gasteiger partial charge < -0.3 is 0 Å². The first-order valence-electron chi connectivity index (χ1n) is 7.94. The number of hydrogen-bond donors (Lipinski definition) is 0. The third kappa shape index (κ3) is 2.92. The van der Waals surface area contributed by atoms with Crippen molar-refractivity contribution in [3.63, 3.8) is 0 Å². The normalized spacial score (nSPS) is 17.3. The van der Waals surface area contributed by atoms with Gasteiger partial charge in [0.15, 0.2) is 0 Å². The summed E-state index contributed by atoms with van der Waals surface area (Å²) in [6.07, 6.45) is 6.14. The fourth-order valence-corrected chi connectivity index (χ4v) is 3.59. The molecule has 0 atom stereocenters. The van der Waals surface area contributed by atoms with Gasteiger partial charge in [-0.25, -0.2) is 0 Å². The predicted octanol–water partition coefficient (Wildman–Crippen LogP) is 4.70. The lowest BCUT2D eigenvalue weighted by molar-refractivity contribution is -0.125. The Morgan fingerprint density at radius 2 is 1.38 bits per heavy atom. The number of ketones is 1. The number of carbonyl (C=O) groups is 1. The van der Waals surface area contributed by atoms with E-state index in [1.165, 1.54) is 12.0 Å². The molecule has 3 rings (SSSR count). The molecule has 1 aliphatic rings. The van der Waals surface area contributed by atoms with E-state index in [0.29, 0.717) is 12.2 Å². The molecule has 0 aliphatic heterocycles. The summed E-state index contributed by atoms with van der Waals surface area (Å²) in [5.74, 6) is 0.389. The molecule has 1 heteroatoms. The van der Waals surface area contributed by atoms with Crippen molar-refractivity contribution >= 4 is 5.78 Å². The quantitative estimate of drug-likeness (QED) is 0.792. The zero-order chi connectivity index (χ0) is 14.5. The summed E-state index contributed by atoms with van der Waals surface area (Å²) in [7, 11) is 0. The van der Waals surface area contributed by atoms with Gasteiger partial charge in [-0.1, -0.05) is 79.9 Å². The molecule has 1 saturated carbocycles. The van der Waals surface area contributed by atoms with Crippen molar-refractivity contribution in [1.82, 2.24) is 0 Å². The van der Waals surface area contributed by atoms with E-state index >= 15 is 0 Å². The molecule has 0 amide bonds. The number of rotatable bonds is 4. The Bertz CT molecular complexity index is 580. The van der Waals surface area contributed by atoms with E-state index in [1.54, 1.807) is 0 Å². The first-order chi connectivity index (χ1) is 10.3. The highest BCUT2D eigenvalue weighted by Gasteiger charge is 2.40. The second-order valence-corrected chi connectivity index (χ2v) is 6.09. The molecule has 2 aromatic carbocycles. The summed E-state index contributed by atoms with van der Waals surface area (Å²) >= 11 is 0. The van der Waals surface area contributed by atoms with Gasteiger partial charge in [0.2, 0.25) is 0 Å². The van der Waals surface area contributed by atoms with Crippen LogP contribution in [0.5, 0.6) is 0 Å². The molecule has 2 aromatic rings. The van der Waals surface area contributed by atoms with Gasteiger partial charge in [0.05, 0.1) is 5.41 Å². The number of hydrogen-bond acceptors (Lipinski definition) is 1. The van der Waals surface area contributed by atoms with Crippen LogP contribution in [-0.4, -0.2) is 5.78 Å². The molecule has 1 aliphatic carbocycles. The first kappa shape index (κ1) is 14.1. The zero-order valence-electron chi connectivity index (χ0n) is 12.4. The summed E-state index contributed by atoms with van der Waals surface area (Å²) in [4.78, 5) is 13.1. The Morgan fingerprint density at radius 3 is 2.00 bits per heavy atom. The van der Waals surface area contributed by atoms with Crippen LogP contribution in [-0.2, 0) is 16.6 Å². The lowest BCUT2D eigenvalue weighted by Gasteiger charge is -2.36. The molecule has 108 valence electrons. The first-order valence-corrected chi connectivity index (χ1v) is 7.94. The fraction of sp³-hybridized carbons (Fsp3) is 0.350. The van der Waals surface area contributed by atoms with Gasteiger partial charge in [-0.3, -0.25) is 4.79 Å². The van der Waals surface area contributed by atoms with E-state index in [4.69, 9.17) is 0 Å². The van der Waals surface area contributed by atoms with Crippen molar-refractivity contribution in [2.24, 2.45) is 0 Å². The largest absolute Gasteiger partial charge is 0.298 e. The van der Waals surface area contributed by atoms with Crippen molar-refractivity contribution < 1.29 is 4.79 Å². The number of Topliss-reactive ketones (excluding diaryl/α,β-unsaturated/α-hetero) is 1. The van der Waals surface area contributed by atoms with Crippen LogP contribution in [0.1, 0.15) is 43.2 Å². The highest BCUT2D eigenvalue weighted by molar-refractivity contribution is 5.92. The van der Waals surface area contributed by atoms with Crippen LogP contribution in [0.25, 0.3) is 0 Å². The molecular weight excluding hydrogens is 256 g/mol. The monoisotopic (exact) mass is 278 g/mol. The van der Waals surface area contributed by atoms with Gasteiger partial charge in [-0.15, -0.1) is 0 Å². The minimum atomic E-state index is -0.255. The standard InChI is InChI=1S/C20H22O/c21-19(16-17-10-4-1-5-11-17)20(14-8-3-9-15-20)18-12-6-2-7-13-18/h1-2,4-7,10-13H,3,8-9,14-16H2. The minimum absolute atomic E-state index is 0.255. The van der Waals surface area contributed by atoms with Crippen molar-refractivity contribution in [2.75, 3.05) is 0 Å². The second kappa shape index (κ2) is 6.26. The molecule has 0 radical (unpaired) electrons. The molecule has 0 heterocycles. The van der Waals surface area contributed by atoms with Gasteiger partial charge in [-0.05, 0) is 24.0 Å². The summed E-state index contributed by atoms with van der Waals surface area (Å²) in [5, 5.41) is 0. The minimum Gasteiger partial charge on any atom is -0.298 e. The lowest BCUT2D eigenvalue weighted by atomic mass is 9.66. The van der Waals surface area contributed by atoms with Gasteiger partial charge in [0.25, 0.3) is 0 Å². The van der Waals surface area contributed by atoms with Crippen LogP contribution in [0.2, 0.25) is 0 Å². The molecule has 21 heavy (non-hydrogen) atoms. The maximum atomic E-state index is 13.1. The van der Waals surface area contributed by atoms with Crippen molar-refractivity contribution in [2.45, 2.75) is 43.9 Å². The summed E-state index contributed by atoms with van der Waals surface area (Å²) < 4.78 is 0. The molecule has 0 unspecified atom stereocenters. The summed E-state index contributed by atoms with van der Waals surface area (Å²) in [5.41, 5.74) is 2.09. The van der Waals surface area contributed by atoms with Crippen LogP contribution in [0, 0.1) is 0 Å². The van der Waals surface area contributed by atoms with Crippen LogP contribution in [0.4, 0.5) is 0 Å². The highest BCUT2D eigenvalue weighted by Crippen LogP contribution is 2.40. The van der Waals surface area contributed by atoms with Crippen LogP contribution < -0.4 is 0 Å². The summed E-state index contributed by atoms with van der Waals surface area (Å²) in [6, 6.07) is 20.5. The molecule has 0 saturated heterocycles. The average molecular weight is 278 g/mol. The Labute approximate surface area is 127 Å². The molecule has 0 bridgehead atoms. The average Bonchev–Trinajstić information content (AvgIpc) is 2.57. The molecule has 0 aromatic heterocycles. The van der Waals surface area contributed by atoms with Gasteiger partial charge >= 0.3 is 0 Å². The highest BCUT2D eigenvalue weighted by atomic mass is 16.1. The van der Waals surface area contributed by atoms with Gasteiger partial charge in [-0.2, -0.15) is 0 Å². The SMILES string of the molecule is O=C(Cc1ccccc1)C1(c2ccccc2)CCCCC1.